The quantitative estimate of drug-likeness (QED) is 0.748. The van der Waals surface area contributed by atoms with Gasteiger partial charge in [0.05, 0.1) is 0 Å². The first-order valence-corrected chi connectivity index (χ1v) is 8.28. The molecule has 19 heavy (non-hydrogen) atoms. The van der Waals surface area contributed by atoms with Gasteiger partial charge in [-0.15, -0.1) is 11.3 Å². The summed E-state index contributed by atoms with van der Waals surface area (Å²) in [7, 11) is 0. The Bertz CT molecular complexity index is 349. The lowest BCUT2D eigenvalue weighted by atomic mass is 10.1. The Balaban J connectivity index is 2.51. The monoisotopic (exact) mass is 283 g/mol. The lowest BCUT2D eigenvalue weighted by Crippen LogP contribution is -2.27. The van der Waals surface area contributed by atoms with Crippen molar-refractivity contribution in [3.63, 3.8) is 0 Å². The van der Waals surface area contributed by atoms with E-state index in [9.17, 15) is 0 Å². The first-order chi connectivity index (χ1) is 9.06. The summed E-state index contributed by atoms with van der Waals surface area (Å²) in [6, 6.07) is 0. The molecule has 1 aromatic heterocycles. The molecule has 1 N–H and O–H groups in total. The minimum absolute atomic E-state index is 0.699. The zero-order valence-corrected chi connectivity index (χ0v) is 13.9. The number of aromatic nitrogens is 1. The summed E-state index contributed by atoms with van der Waals surface area (Å²) in [5, 5.41) is 4.65. The molecule has 0 saturated heterocycles. The van der Waals surface area contributed by atoms with Crippen molar-refractivity contribution in [1.82, 2.24) is 10.3 Å². The average Bonchev–Trinajstić information content (AvgIpc) is 2.83. The zero-order valence-electron chi connectivity index (χ0n) is 13.1. The van der Waals surface area contributed by atoms with Crippen molar-refractivity contribution >= 4 is 16.5 Å². The molecule has 1 heterocycles. The average molecular weight is 283 g/mol. The number of hydrogen-bond acceptors (Lipinski definition) is 4. The molecule has 0 aliphatic carbocycles. The second-order valence-electron chi connectivity index (χ2n) is 5.69. The molecule has 1 unspecified atom stereocenters. The largest absolute Gasteiger partial charge is 0.348 e. The van der Waals surface area contributed by atoms with Crippen molar-refractivity contribution in [2.75, 3.05) is 24.5 Å². The molecular weight excluding hydrogens is 254 g/mol. The van der Waals surface area contributed by atoms with E-state index in [1.807, 2.05) is 17.5 Å². The van der Waals surface area contributed by atoms with E-state index in [-0.39, 0.29) is 0 Å². The van der Waals surface area contributed by atoms with Crippen molar-refractivity contribution in [3.8, 4) is 0 Å². The predicted octanol–water partition coefficient (Wildman–Crippen LogP) is 3.76. The molecule has 0 radical (unpaired) electrons. The van der Waals surface area contributed by atoms with Crippen LogP contribution in [0, 0.1) is 11.8 Å². The highest BCUT2D eigenvalue weighted by molar-refractivity contribution is 7.15. The summed E-state index contributed by atoms with van der Waals surface area (Å²) in [6.07, 6.45) is 3.25. The van der Waals surface area contributed by atoms with Crippen LogP contribution in [0.5, 0.6) is 0 Å². The van der Waals surface area contributed by atoms with Gasteiger partial charge < -0.3 is 10.2 Å². The molecule has 0 saturated carbocycles. The number of rotatable bonds is 9. The second kappa shape index (κ2) is 8.54. The van der Waals surface area contributed by atoms with Crippen LogP contribution in [0.4, 0.5) is 5.13 Å². The van der Waals surface area contributed by atoms with Crippen molar-refractivity contribution in [2.45, 2.75) is 47.6 Å². The molecule has 110 valence electrons. The van der Waals surface area contributed by atoms with Crippen LogP contribution in [-0.4, -0.2) is 24.6 Å². The molecule has 1 aromatic rings. The van der Waals surface area contributed by atoms with Gasteiger partial charge in [0, 0.05) is 30.7 Å². The van der Waals surface area contributed by atoms with Gasteiger partial charge in [-0.2, -0.15) is 0 Å². The summed E-state index contributed by atoms with van der Waals surface area (Å²) in [5.41, 5.74) is 0. The van der Waals surface area contributed by atoms with Crippen LogP contribution in [0.2, 0.25) is 0 Å². The maximum absolute atomic E-state index is 4.58. The fourth-order valence-electron chi connectivity index (χ4n) is 1.86. The molecule has 1 atom stereocenters. The highest BCUT2D eigenvalue weighted by Gasteiger charge is 2.12. The molecule has 0 aromatic carbocycles. The standard InChI is InChI=1S/C15H29N3S/c1-6-13(5)11-18(7-2)15-17-10-14(19-15)9-16-8-12(3)4/h10,12-13,16H,6-9,11H2,1-5H3. The summed E-state index contributed by atoms with van der Waals surface area (Å²) >= 11 is 1.82. The van der Waals surface area contributed by atoms with Crippen LogP contribution < -0.4 is 10.2 Å². The summed E-state index contributed by atoms with van der Waals surface area (Å²) < 4.78 is 0. The highest BCUT2D eigenvalue weighted by atomic mass is 32.1. The van der Waals surface area contributed by atoms with Crippen molar-refractivity contribution in [3.05, 3.63) is 11.1 Å². The molecule has 3 nitrogen and oxygen atoms in total. The van der Waals surface area contributed by atoms with E-state index in [4.69, 9.17) is 0 Å². The predicted molar refractivity (Wildman–Crippen MR) is 86.0 cm³/mol. The fraction of sp³-hybridized carbons (Fsp3) is 0.800. The van der Waals surface area contributed by atoms with Crippen LogP contribution in [0.15, 0.2) is 6.20 Å². The first-order valence-electron chi connectivity index (χ1n) is 7.47. The van der Waals surface area contributed by atoms with Gasteiger partial charge in [-0.25, -0.2) is 4.98 Å². The van der Waals surface area contributed by atoms with Gasteiger partial charge in [0.1, 0.15) is 0 Å². The fourth-order valence-corrected chi connectivity index (χ4v) is 2.81. The van der Waals surface area contributed by atoms with Gasteiger partial charge in [0.2, 0.25) is 0 Å². The highest BCUT2D eigenvalue weighted by Crippen LogP contribution is 2.23. The van der Waals surface area contributed by atoms with Gasteiger partial charge in [-0.05, 0) is 25.3 Å². The third kappa shape index (κ3) is 5.91. The lowest BCUT2D eigenvalue weighted by Gasteiger charge is -2.23. The van der Waals surface area contributed by atoms with E-state index in [0.717, 1.165) is 32.1 Å². The van der Waals surface area contributed by atoms with E-state index in [1.54, 1.807) is 0 Å². The van der Waals surface area contributed by atoms with Gasteiger partial charge >= 0.3 is 0 Å². The Morgan fingerprint density at radius 1 is 1.32 bits per heavy atom. The summed E-state index contributed by atoms with van der Waals surface area (Å²) in [5.74, 6) is 1.43. The van der Waals surface area contributed by atoms with Crippen LogP contribution in [0.3, 0.4) is 0 Å². The van der Waals surface area contributed by atoms with Crippen LogP contribution in [-0.2, 0) is 6.54 Å². The molecule has 0 aliphatic rings. The van der Waals surface area contributed by atoms with E-state index in [0.29, 0.717) is 5.92 Å². The van der Waals surface area contributed by atoms with Gasteiger partial charge in [-0.1, -0.05) is 34.1 Å². The number of nitrogens with zero attached hydrogens (tertiary/aromatic N) is 2. The minimum Gasteiger partial charge on any atom is -0.348 e. The number of nitrogens with one attached hydrogen (secondary N) is 1. The molecule has 0 aliphatic heterocycles. The van der Waals surface area contributed by atoms with Crippen LogP contribution in [0.25, 0.3) is 0 Å². The molecule has 1 rings (SSSR count). The summed E-state index contributed by atoms with van der Waals surface area (Å²) in [4.78, 5) is 8.30. The van der Waals surface area contributed by atoms with Crippen molar-refractivity contribution < 1.29 is 0 Å². The number of anilines is 1. The normalized spacial score (nSPS) is 12.9. The topological polar surface area (TPSA) is 28.2 Å². The Labute approximate surface area is 122 Å². The van der Waals surface area contributed by atoms with Gasteiger partial charge in [0.15, 0.2) is 5.13 Å². The molecule has 4 heteroatoms. The smallest absolute Gasteiger partial charge is 0.185 e. The van der Waals surface area contributed by atoms with Crippen molar-refractivity contribution in [2.24, 2.45) is 11.8 Å². The molecular formula is C15H29N3S. The summed E-state index contributed by atoms with van der Waals surface area (Å²) in [6.45, 7) is 15.4. The van der Waals surface area contributed by atoms with Gasteiger partial charge in [-0.3, -0.25) is 0 Å². The lowest BCUT2D eigenvalue weighted by molar-refractivity contribution is 0.547. The molecule has 0 bridgehead atoms. The Kier molecular flexibility index (Phi) is 7.39. The van der Waals surface area contributed by atoms with Crippen molar-refractivity contribution in [1.29, 1.82) is 0 Å². The first kappa shape index (κ1) is 16.4. The number of hydrogen-bond donors (Lipinski definition) is 1. The third-order valence-corrected chi connectivity index (χ3v) is 4.33. The van der Waals surface area contributed by atoms with Gasteiger partial charge in [0.25, 0.3) is 0 Å². The zero-order chi connectivity index (χ0) is 14.3. The maximum atomic E-state index is 4.58. The Hall–Kier alpha value is -0.610. The minimum atomic E-state index is 0.699. The molecule has 0 spiro atoms. The molecule has 0 fully saturated rings. The van der Waals surface area contributed by atoms with E-state index < -0.39 is 0 Å². The molecule has 0 amide bonds. The van der Waals surface area contributed by atoms with E-state index in [1.165, 1.54) is 16.4 Å². The second-order valence-corrected chi connectivity index (χ2v) is 6.78. The Morgan fingerprint density at radius 3 is 2.63 bits per heavy atom. The SMILES string of the molecule is CCC(C)CN(CC)c1ncc(CNCC(C)C)s1. The third-order valence-electron chi connectivity index (χ3n) is 3.27. The number of thiazole rings is 1. The van der Waals surface area contributed by atoms with Crippen LogP contribution >= 0.6 is 11.3 Å². The Morgan fingerprint density at radius 2 is 2.05 bits per heavy atom. The van der Waals surface area contributed by atoms with E-state index in [2.05, 4.69) is 49.8 Å². The van der Waals surface area contributed by atoms with E-state index >= 15 is 0 Å². The van der Waals surface area contributed by atoms with Crippen LogP contribution in [0.1, 0.15) is 45.9 Å². The maximum Gasteiger partial charge on any atom is 0.185 e.